The Kier molecular flexibility index (Phi) is 6.97. The Morgan fingerprint density at radius 3 is 2.50 bits per heavy atom. The molecule has 0 bridgehead atoms. The van der Waals surface area contributed by atoms with E-state index in [1.54, 1.807) is 43.6 Å². The largest absolute Gasteiger partial charge is 0.481 e. The van der Waals surface area contributed by atoms with Crippen LogP contribution in [0.25, 0.3) is 0 Å². The normalized spacial score (nSPS) is 11.7. The Bertz CT molecular complexity index is 763. The van der Waals surface area contributed by atoms with E-state index < -0.39 is 6.04 Å². The van der Waals surface area contributed by atoms with Gasteiger partial charge in [0.15, 0.2) is 0 Å². The van der Waals surface area contributed by atoms with E-state index in [1.807, 2.05) is 19.9 Å². The van der Waals surface area contributed by atoms with Gasteiger partial charge in [-0.15, -0.1) is 0 Å². The molecule has 1 atom stereocenters. The van der Waals surface area contributed by atoms with Crippen LogP contribution in [0.15, 0.2) is 42.6 Å². The molecule has 2 rings (SSSR count). The summed E-state index contributed by atoms with van der Waals surface area (Å²) in [5, 5.41) is 5.92. The van der Waals surface area contributed by atoms with E-state index in [0.29, 0.717) is 23.0 Å². The topological polar surface area (TPSA) is 80.3 Å². The first-order valence-corrected chi connectivity index (χ1v) is 8.62. The fourth-order valence-corrected chi connectivity index (χ4v) is 2.56. The number of nitrogens with zero attached hydrogens (tertiary/aromatic N) is 1. The van der Waals surface area contributed by atoms with Crippen molar-refractivity contribution in [2.24, 2.45) is 5.92 Å². The Morgan fingerprint density at radius 1 is 1.19 bits per heavy atom. The molecule has 1 aromatic carbocycles. The highest BCUT2D eigenvalue weighted by molar-refractivity contribution is 6.33. The summed E-state index contributed by atoms with van der Waals surface area (Å²) in [6.45, 7) is 4.04. The molecule has 0 saturated heterocycles. The van der Waals surface area contributed by atoms with Gasteiger partial charge in [0.25, 0.3) is 5.91 Å². The number of methoxy groups -OCH3 is 1. The van der Waals surface area contributed by atoms with E-state index in [2.05, 4.69) is 15.6 Å². The molecule has 138 valence electrons. The van der Waals surface area contributed by atoms with E-state index >= 15 is 0 Å². The van der Waals surface area contributed by atoms with Crippen molar-refractivity contribution >= 4 is 23.4 Å². The summed E-state index contributed by atoms with van der Waals surface area (Å²) in [5.41, 5.74) is 1.17. The second-order valence-electron chi connectivity index (χ2n) is 6.10. The van der Waals surface area contributed by atoms with Crippen molar-refractivity contribution in [3.05, 3.63) is 58.7 Å². The first kappa shape index (κ1) is 19.7. The Hall–Kier alpha value is -2.60. The van der Waals surface area contributed by atoms with Gasteiger partial charge in [-0.25, -0.2) is 4.98 Å². The van der Waals surface area contributed by atoms with Crippen LogP contribution in [0.1, 0.15) is 29.8 Å². The highest BCUT2D eigenvalue weighted by Crippen LogP contribution is 2.15. The molecular weight excluding hydrogens is 354 g/mol. The smallest absolute Gasteiger partial charge is 0.253 e. The molecule has 2 amide bonds. The van der Waals surface area contributed by atoms with Crippen LogP contribution in [0.3, 0.4) is 0 Å². The van der Waals surface area contributed by atoms with E-state index in [1.165, 1.54) is 0 Å². The van der Waals surface area contributed by atoms with Gasteiger partial charge in [-0.2, -0.15) is 0 Å². The van der Waals surface area contributed by atoms with Gasteiger partial charge in [0.05, 0.1) is 17.7 Å². The quantitative estimate of drug-likeness (QED) is 0.779. The molecular formula is C19H22ClN3O3. The van der Waals surface area contributed by atoms with Gasteiger partial charge in [-0.05, 0) is 23.6 Å². The third-order valence-electron chi connectivity index (χ3n) is 3.83. The molecule has 26 heavy (non-hydrogen) atoms. The number of carbonyl (C=O) groups excluding carboxylic acids is 2. The van der Waals surface area contributed by atoms with E-state index in [-0.39, 0.29) is 17.7 Å². The number of rotatable bonds is 7. The third-order valence-corrected chi connectivity index (χ3v) is 4.16. The van der Waals surface area contributed by atoms with Crippen molar-refractivity contribution in [3.8, 4) is 5.88 Å². The van der Waals surface area contributed by atoms with E-state index in [4.69, 9.17) is 16.3 Å². The number of benzene rings is 1. The molecule has 0 spiro atoms. The van der Waals surface area contributed by atoms with Crippen LogP contribution in [0.5, 0.6) is 5.88 Å². The summed E-state index contributed by atoms with van der Waals surface area (Å²) in [7, 11) is 1.54. The van der Waals surface area contributed by atoms with Crippen LogP contribution in [-0.2, 0) is 11.3 Å². The minimum absolute atomic E-state index is 0.0876. The molecule has 7 heteroatoms. The lowest BCUT2D eigenvalue weighted by atomic mass is 10.0. The van der Waals surface area contributed by atoms with Crippen molar-refractivity contribution < 1.29 is 14.3 Å². The summed E-state index contributed by atoms with van der Waals surface area (Å²) < 4.78 is 5.00. The van der Waals surface area contributed by atoms with E-state index in [0.717, 1.165) is 5.56 Å². The summed E-state index contributed by atoms with van der Waals surface area (Å²) in [6.07, 6.45) is 1.63. The van der Waals surface area contributed by atoms with Crippen LogP contribution in [-0.4, -0.2) is 29.9 Å². The number of carbonyl (C=O) groups is 2. The maximum absolute atomic E-state index is 12.5. The highest BCUT2D eigenvalue weighted by atomic mass is 35.5. The zero-order valence-electron chi connectivity index (χ0n) is 15.0. The predicted octanol–water partition coefficient (Wildman–Crippen LogP) is 2.81. The molecule has 1 aromatic heterocycles. The Labute approximate surface area is 157 Å². The van der Waals surface area contributed by atoms with Gasteiger partial charge in [-0.3, -0.25) is 9.59 Å². The molecule has 0 saturated carbocycles. The van der Waals surface area contributed by atoms with Gasteiger partial charge in [0, 0.05) is 18.8 Å². The minimum atomic E-state index is -0.676. The SMILES string of the molecule is COc1ccc(CNC(=O)C(NC(=O)c2ccccc2Cl)C(C)C)cn1. The summed E-state index contributed by atoms with van der Waals surface area (Å²) in [5.74, 6) is -0.227. The second kappa shape index (κ2) is 9.20. The summed E-state index contributed by atoms with van der Waals surface area (Å²) in [6, 6.07) is 9.59. The average Bonchev–Trinajstić information content (AvgIpc) is 2.64. The lowest BCUT2D eigenvalue weighted by molar-refractivity contribution is -0.124. The van der Waals surface area contributed by atoms with Crippen molar-refractivity contribution in [3.63, 3.8) is 0 Å². The molecule has 0 radical (unpaired) electrons. The number of hydrogen-bond acceptors (Lipinski definition) is 4. The standard InChI is InChI=1S/C19H22ClN3O3/c1-12(2)17(23-18(24)14-6-4-5-7-15(14)20)19(25)22-11-13-8-9-16(26-3)21-10-13/h4-10,12,17H,11H2,1-3H3,(H,22,25)(H,23,24). The monoisotopic (exact) mass is 375 g/mol. The van der Waals surface area contributed by atoms with Crippen LogP contribution in [0.2, 0.25) is 5.02 Å². The number of hydrogen-bond donors (Lipinski definition) is 2. The minimum Gasteiger partial charge on any atom is -0.481 e. The van der Waals surface area contributed by atoms with Gasteiger partial charge < -0.3 is 15.4 Å². The first-order valence-electron chi connectivity index (χ1n) is 8.24. The molecule has 0 aliphatic rings. The first-order chi connectivity index (χ1) is 12.4. The fraction of sp³-hybridized carbons (Fsp3) is 0.316. The van der Waals surface area contributed by atoms with Crippen LogP contribution >= 0.6 is 11.6 Å². The van der Waals surface area contributed by atoms with Crippen molar-refractivity contribution in [1.29, 1.82) is 0 Å². The lowest BCUT2D eigenvalue weighted by Gasteiger charge is -2.22. The van der Waals surface area contributed by atoms with Crippen molar-refractivity contribution in [1.82, 2.24) is 15.6 Å². The average molecular weight is 376 g/mol. The third kappa shape index (κ3) is 5.20. The summed E-state index contributed by atoms with van der Waals surface area (Å²) >= 11 is 6.05. The van der Waals surface area contributed by atoms with Crippen LogP contribution in [0.4, 0.5) is 0 Å². The fourth-order valence-electron chi connectivity index (χ4n) is 2.33. The number of ether oxygens (including phenoxy) is 1. The van der Waals surface area contributed by atoms with Crippen molar-refractivity contribution in [2.45, 2.75) is 26.4 Å². The number of halogens is 1. The van der Waals surface area contributed by atoms with Gasteiger partial charge in [0.1, 0.15) is 6.04 Å². The lowest BCUT2D eigenvalue weighted by Crippen LogP contribution is -2.49. The van der Waals surface area contributed by atoms with Crippen molar-refractivity contribution in [2.75, 3.05) is 7.11 Å². The van der Waals surface area contributed by atoms with Gasteiger partial charge >= 0.3 is 0 Å². The van der Waals surface area contributed by atoms with Crippen LogP contribution < -0.4 is 15.4 Å². The second-order valence-corrected chi connectivity index (χ2v) is 6.51. The number of aromatic nitrogens is 1. The molecule has 2 aromatic rings. The Balaban J connectivity index is 2.00. The van der Waals surface area contributed by atoms with Gasteiger partial charge in [0.2, 0.25) is 11.8 Å². The van der Waals surface area contributed by atoms with E-state index in [9.17, 15) is 9.59 Å². The zero-order valence-corrected chi connectivity index (χ0v) is 15.7. The van der Waals surface area contributed by atoms with Gasteiger partial charge in [-0.1, -0.05) is 43.6 Å². The maximum atomic E-state index is 12.5. The Morgan fingerprint density at radius 2 is 1.92 bits per heavy atom. The number of pyridine rings is 1. The molecule has 0 fully saturated rings. The molecule has 2 N–H and O–H groups in total. The maximum Gasteiger partial charge on any atom is 0.253 e. The van der Waals surface area contributed by atoms with Crippen LogP contribution in [0, 0.1) is 5.92 Å². The predicted molar refractivity (Wildman–Crippen MR) is 100 cm³/mol. The molecule has 6 nitrogen and oxygen atoms in total. The number of amides is 2. The molecule has 0 aliphatic carbocycles. The highest BCUT2D eigenvalue weighted by Gasteiger charge is 2.25. The molecule has 0 aliphatic heterocycles. The summed E-state index contributed by atoms with van der Waals surface area (Å²) in [4.78, 5) is 29.1. The number of nitrogens with one attached hydrogen (secondary N) is 2. The molecule has 1 heterocycles. The zero-order chi connectivity index (χ0) is 19.1. The molecule has 1 unspecified atom stereocenters.